The molecule has 0 bridgehead atoms. The fourth-order valence-corrected chi connectivity index (χ4v) is 2.74. The molecule has 0 heterocycles. The highest BCUT2D eigenvalue weighted by atomic mass is 32.1. The third-order valence-corrected chi connectivity index (χ3v) is 4.37. The first-order chi connectivity index (χ1) is 14.4. The van der Waals surface area contributed by atoms with Gasteiger partial charge in [0, 0.05) is 5.56 Å². The number of unbranched alkanes of at least 4 members (excludes halogenated alkanes) is 1. The second-order valence-corrected chi connectivity index (χ2v) is 7.10. The summed E-state index contributed by atoms with van der Waals surface area (Å²) in [6.45, 7) is 6.31. The topological polar surface area (TPSA) is 88.7 Å². The molecule has 0 fully saturated rings. The van der Waals surface area contributed by atoms with Crippen molar-refractivity contribution in [3.8, 4) is 11.5 Å². The number of rotatable bonds is 8. The van der Waals surface area contributed by atoms with Gasteiger partial charge in [0.25, 0.3) is 11.8 Å². The van der Waals surface area contributed by atoms with E-state index in [1.54, 1.807) is 24.3 Å². The number of thiocarbonyl (C=S) groups is 1. The average molecular weight is 430 g/mol. The largest absolute Gasteiger partial charge is 0.494 e. The summed E-state index contributed by atoms with van der Waals surface area (Å²) >= 11 is 5.06. The number of ether oxygens (including phenoxy) is 2. The number of hydrogen-bond acceptors (Lipinski definition) is 5. The molecule has 2 aromatic carbocycles. The Hall–Kier alpha value is -3.13. The minimum absolute atomic E-state index is 0.0299. The van der Waals surface area contributed by atoms with Crippen molar-refractivity contribution in [2.45, 2.75) is 33.6 Å². The minimum atomic E-state index is -0.430. The summed E-state index contributed by atoms with van der Waals surface area (Å²) in [7, 11) is 0. The average Bonchev–Trinajstić information content (AvgIpc) is 2.72. The van der Waals surface area contributed by atoms with Crippen molar-refractivity contribution in [3.05, 3.63) is 59.2 Å². The van der Waals surface area contributed by atoms with Crippen LogP contribution in [0.1, 0.15) is 41.3 Å². The number of carbonyl (C=O) groups is 2. The summed E-state index contributed by atoms with van der Waals surface area (Å²) in [5.41, 5.74) is 7.18. The number of carbonyl (C=O) groups excluding carboxylic acids is 2. The molecule has 3 N–H and O–H groups in total. The predicted molar refractivity (Wildman–Crippen MR) is 120 cm³/mol. The molecule has 0 aliphatic rings. The molecule has 2 amide bonds. The molecule has 0 aliphatic heterocycles. The van der Waals surface area contributed by atoms with E-state index in [0.29, 0.717) is 23.7 Å². The zero-order valence-corrected chi connectivity index (χ0v) is 18.2. The van der Waals surface area contributed by atoms with Gasteiger partial charge in [0.05, 0.1) is 6.61 Å². The Morgan fingerprint density at radius 3 is 2.40 bits per heavy atom. The van der Waals surface area contributed by atoms with E-state index in [2.05, 4.69) is 23.1 Å². The standard InChI is InChI=1S/C22H27N3O4S/c1-4-5-12-28-18-11-7-10-17(13-18)21(27)23-22(30)25-24-19(26)14-29-20-15(2)8-6-9-16(20)3/h6-11,13H,4-5,12,14H2,1-3H3,(H,24,26)(H2,23,25,27,30). The highest BCUT2D eigenvalue weighted by Gasteiger charge is 2.11. The Balaban J connectivity index is 1.78. The second kappa shape index (κ2) is 11.8. The zero-order chi connectivity index (χ0) is 21.9. The van der Waals surface area contributed by atoms with Crippen molar-refractivity contribution in [1.82, 2.24) is 16.2 Å². The van der Waals surface area contributed by atoms with Crippen LogP contribution in [0, 0.1) is 13.8 Å². The van der Waals surface area contributed by atoms with Crippen LogP contribution in [-0.4, -0.2) is 30.1 Å². The normalized spacial score (nSPS) is 10.1. The van der Waals surface area contributed by atoms with Gasteiger partial charge in [0.1, 0.15) is 11.5 Å². The van der Waals surface area contributed by atoms with Gasteiger partial charge in [-0.1, -0.05) is 37.6 Å². The van der Waals surface area contributed by atoms with Crippen molar-refractivity contribution in [2.75, 3.05) is 13.2 Å². The van der Waals surface area contributed by atoms with Crippen LogP contribution in [0.15, 0.2) is 42.5 Å². The Morgan fingerprint density at radius 2 is 1.70 bits per heavy atom. The molecule has 7 nitrogen and oxygen atoms in total. The molecule has 0 saturated heterocycles. The molecule has 8 heteroatoms. The number of hydrazine groups is 1. The monoisotopic (exact) mass is 429 g/mol. The van der Waals surface area contributed by atoms with E-state index in [4.69, 9.17) is 21.7 Å². The first kappa shape index (κ1) is 23.2. The van der Waals surface area contributed by atoms with Gasteiger partial charge in [-0.2, -0.15) is 0 Å². The molecule has 0 aromatic heterocycles. The van der Waals surface area contributed by atoms with Crippen LogP contribution in [0.3, 0.4) is 0 Å². The molecule has 160 valence electrons. The van der Waals surface area contributed by atoms with Crippen LogP contribution >= 0.6 is 12.2 Å². The van der Waals surface area contributed by atoms with E-state index >= 15 is 0 Å². The van der Waals surface area contributed by atoms with Gasteiger partial charge >= 0.3 is 0 Å². The summed E-state index contributed by atoms with van der Waals surface area (Å²) < 4.78 is 11.2. The third kappa shape index (κ3) is 7.36. The summed E-state index contributed by atoms with van der Waals surface area (Å²) in [5.74, 6) is 0.451. The van der Waals surface area contributed by atoms with Crippen LogP contribution < -0.4 is 25.6 Å². The summed E-state index contributed by atoms with van der Waals surface area (Å²) in [4.78, 5) is 24.3. The lowest BCUT2D eigenvalue weighted by atomic mass is 10.1. The van der Waals surface area contributed by atoms with Gasteiger partial charge in [0.15, 0.2) is 11.7 Å². The smallest absolute Gasteiger partial charge is 0.276 e. The van der Waals surface area contributed by atoms with E-state index in [9.17, 15) is 9.59 Å². The Kier molecular flexibility index (Phi) is 9.08. The van der Waals surface area contributed by atoms with Crippen LogP contribution in [0.5, 0.6) is 11.5 Å². The fourth-order valence-electron chi connectivity index (χ4n) is 2.60. The van der Waals surface area contributed by atoms with Gasteiger partial charge < -0.3 is 9.47 Å². The lowest BCUT2D eigenvalue weighted by molar-refractivity contribution is -0.123. The van der Waals surface area contributed by atoms with E-state index in [1.165, 1.54) is 0 Å². The van der Waals surface area contributed by atoms with Crippen molar-refractivity contribution in [2.24, 2.45) is 0 Å². The Bertz CT molecular complexity index is 881. The molecule has 0 spiro atoms. The molecule has 2 rings (SSSR count). The van der Waals surface area contributed by atoms with Crippen LogP contribution in [0.4, 0.5) is 0 Å². The predicted octanol–water partition coefficient (Wildman–Crippen LogP) is 3.20. The van der Waals surface area contributed by atoms with E-state index in [1.807, 2.05) is 32.0 Å². The molecule has 0 radical (unpaired) electrons. The van der Waals surface area contributed by atoms with Crippen LogP contribution in [-0.2, 0) is 4.79 Å². The lowest BCUT2D eigenvalue weighted by Crippen LogP contribution is -2.49. The summed E-state index contributed by atoms with van der Waals surface area (Å²) in [6, 6.07) is 12.6. The molecular formula is C22H27N3O4S. The number of hydrogen-bond donors (Lipinski definition) is 3. The second-order valence-electron chi connectivity index (χ2n) is 6.70. The molecule has 0 unspecified atom stereocenters. The number of para-hydroxylation sites is 1. The molecule has 0 saturated carbocycles. The third-order valence-electron chi connectivity index (χ3n) is 4.16. The highest BCUT2D eigenvalue weighted by Crippen LogP contribution is 2.22. The Labute approximate surface area is 182 Å². The van der Waals surface area contributed by atoms with Crippen LogP contribution in [0.2, 0.25) is 0 Å². The van der Waals surface area contributed by atoms with Crippen molar-refractivity contribution in [3.63, 3.8) is 0 Å². The zero-order valence-electron chi connectivity index (χ0n) is 17.4. The highest BCUT2D eigenvalue weighted by molar-refractivity contribution is 7.80. The van der Waals surface area contributed by atoms with E-state index in [0.717, 1.165) is 24.0 Å². The number of aryl methyl sites for hydroxylation is 2. The molecular weight excluding hydrogens is 402 g/mol. The molecule has 30 heavy (non-hydrogen) atoms. The van der Waals surface area contributed by atoms with Crippen molar-refractivity contribution < 1.29 is 19.1 Å². The molecule has 0 atom stereocenters. The van der Waals surface area contributed by atoms with E-state index < -0.39 is 11.8 Å². The van der Waals surface area contributed by atoms with Crippen molar-refractivity contribution >= 4 is 29.1 Å². The summed E-state index contributed by atoms with van der Waals surface area (Å²) in [5, 5.41) is 2.48. The van der Waals surface area contributed by atoms with Crippen molar-refractivity contribution in [1.29, 1.82) is 0 Å². The maximum absolute atomic E-state index is 12.3. The van der Waals surface area contributed by atoms with Gasteiger partial charge in [-0.25, -0.2) is 0 Å². The minimum Gasteiger partial charge on any atom is -0.494 e. The first-order valence-electron chi connectivity index (χ1n) is 9.72. The number of amides is 2. The SMILES string of the molecule is CCCCOc1cccc(C(=O)NC(=S)NNC(=O)COc2c(C)cccc2C)c1. The summed E-state index contributed by atoms with van der Waals surface area (Å²) in [6.07, 6.45) is 1.97. The van der Waals surface area contributed by atoms with Gasteiger partial charge in [-0.05, 0) is 61.8 Å². The van der Waals surface area contributed by atoms with Gasteiger partial charge in [-0.3, -0.25) is 25.8 Å². The van der Waals surface area contributed by atoms with Gasteiger partial charge in [0.2, 0.25) is 0 Å². The quantitative estimate of drug-likeness (QED) is 0.339. The lowest BCUT2D eigenvalue weighted by Gasteiger charge is -2.13. The maximum Gasteiger partial charge on any atom is 0.276 e. The molecule has 0 aliphatic carbocycles. The first-order valence-corrected chi connectivity index (χ1v) is 10.1. The fraction of sp³-hybridized carbons (Fsp3) is 0.318. The van der Waals surface area contributed by atoms with Crippen LogP contribution in [0.25, 0.3) is 0 Å². The number of benzene rings is 2. The van der Waals surface area contributed by atoms with E-state index in [-0.39, 0.29) is 11.7 Å². The Morgan fingerprint density at radius 1 is 1.00 bits per heavy atom. The maximum atomic E-state index is 12.3. The van der Waals surface area contributed by atoms with Gasteiger partial charge in [-0.15, -0.1) is 0 Å². The molecule has 2 aromatic rings. The number of nitrogens with one attached hydrogen (secondary N) is 3.